The van der Waals surface area contributed by atoms with Crippen LogP contribution in [0.4, 0.5) is 17.3 Å². The number of hydrogen-bond acceptors (Lipinski definition) is 5. The van der Waals surface area contributed by atoms with E-state index < -0.39 is 0 Å². The van der Waals surface area contributed by atoms with Gasteiger partial charge in [0.25, 0.3) is 0 Å². The maximum atomic E-state index is 4.37. The summed E-state index contributed by atoms with van der Waals surface area (Å²) in [6, 6.07) is 3.97. The van der Waals surface area contributed by atoms with Crippen molar-refractivity contribution in [3.05, 3.63) is 30.9 Å². The van der Waals surface area contributed by atoms with E-state index in [-0.39, 0.29) is 0 Å². The van der Waals surface area contributed by atoms with E-state index in [1.807, 2.05) is 24.5 Å². The van der Waals surface area contributed by atoms with Gasteiger partial charge in [0.05, 0.1) is 5.69 Å². The molecule has 0 amide bonds. The fraction of sp³-hybridized carbons (Fsp3) is 0.385. The molecular formula is C13H18N6. The van der Waals surface area contributed by atoms with Crippen LogP contribution in [0.1, 0.15) is 6.42 Å². The molecule has 3 N–H and O–H groups in total. The molecule has 6 nitrogen and oxygen atoms in total. The summed E-state index contributed by atoms with van der Waals surface area (Å²) in [5.41, 5.74) is 1.00. The predicted octanol–water partition coefficient (Wildman–Crippen LogP) is 1.35. The maximum Gasteiger partial charge on any atom is 0.135 e. The van der Waals surface area contributed by atoms with Crippen LogP contribution in [0.5, 0.6) is 0 Å². The van der Waals surface area contributed by atoms with E-state index in [1.165, 1.54) is 0 Å². The zero-order valence-corrected chi connectivity index (χ0v) is 10.8. The van der Waals surface area contributed by atoms with Crippen LogP contribution >= 0.6 is 0 Å². The van der Waals surface area contributed by atoms with Crippen LogP contribution in [0, 0.1) is 0 Å². The number of nitrogens with one attached hydrogen (secondary N) is 3. The molecule has 1 aliphatic rings. The van der Waals surface area contributed by atoms with Crippen molar-refractivity contribution in [2.24, 2.45) is 0 Å². The van der Waals surface area contributed by atoms with E-state index in [9.17, 15) is 0 Å². The molecule has 1 aliphatic heterocycles. The van der Waals surface area contributed by atoms with Gasteiger partial charge in [0.2, 0.25) is 0 Å². The lowest BCUT2D eigenvalue weighted by Crippen LogP contribution is -2.28. The Hall–Kier alpha value is -2.08. The van der Waals surface area contributed by atoms with Crippen molar-refractivity contribution in [1.29, 1.82) is 0 Å². The number of anilines is 3. The zero-order chi connectivity index (χ0) is 12.9. The molecule has 0 aliphatic carbocycles. The number of aromatic nitrogens is 3. The summed E-state index contributed by atoms with van der Waals surface area (Å²) in [7, 11) is 0. The second-order valence-electron chi connectivity index (χ2n) is 4.58. The lowest BCUT2D eigenvalue weighted by atomic mass is 10.3. The van der Waals surface area contributed by atoms with Crippen molar-refractivity contribution >= 4 is 17.3 Å². The normalized spacial score (nSPS) is 16.1. The summed E-state index contributed by atoms with van der Waals surface area (Å²) in [4.78, 5) is 13.9. The minimum atomic E-state index is 0.821. The Bertz CT molecular complexity index is 502. The molecule has 19 heavy (non-hydrogen) atoms. The average Bonchev–Trinajstić information content (AvgIpc) is 2.79. The molecule has 0 aromatic carbocycles. The second kappa shape index (κ2) is 5.71. The second-order valence-corrected chi connectivity index (χ2v) is 4.58. The molecular weight excluding hydrogens is 240 g/mol. The fourth-order valence-electron chi connectivity index (χ4n) is 2.21. The Morgan fingerprint density at radius 1 is 1.21 bits per heavy atom. The standard InChI is InChI=1S/C13H18N6/c1-3-14-5-7-19(6-1)13-8-12(16-10-17-13)18-11-2-4-15-9-11/h2,4,8-10,14-15H,1,3,5-7H2,(H,16,17,18). The highest BCUT2D eigenvalue weighted by atomic mass is 15.2. The third-order valence-corrected chi connectivity index (χ3v) is 3.19. The molecule has 0 atom stereocenters. The highest BCUT2D eigenvalue weighted by molar-refractivity contribution is 5.58. The predicted molar refractivity (Wildman–Crippen MR) is 75.8 cm³/mol. The van der Waals surface area contributed by atoms with Gasteiger partial charge in [-0.15, -0.1) is 0 Å². The molecule has 2 aromatic rings. The van der Waals surface area contributed by atoms with Crippen molar-refractivity contribution in [3.63, 3.8) is 0 Å². The van der Waals surface area contributed by atoms with Crippen LogP contribution in [0.15, 0.2) is 30.9 Å². The van der Waals surface area contributed by atoms with Crippen molar-refractivity contribution in [1.82, 2.24) is 20.3 Å². The third kappa shape index (κ3) is 3.03. The van der Waals surface area contributed by atoms with Gasteiger partial charge in [0, 0.05) is 38.1 Å². The van der Waals surface area contributed by atoms with Crippen LogP contribution in [0.3, 0.4) is 0 Å². The largest absolute Gasteiger partial charge is 0.366 e. The number of hydrogen-bond donors (Lipinski definition) is 3. The quantitative estimate of drug-likeness (QED) is 0.775. The topological polar surface area (TPSA) is 68.9 Å². The smallest absolute Gasteiger partial charge is 0.135 e. The molecule has 6 heteroatoms. The summed E-state index contributed by atoms with van der Waals surface area (Å²) in [5.74, 6) is 1.80. The molecule has 3 heterocycles. The first kappa shape index (κ1) is 12.0. The molecule has 1 fully saturated rings. The van der Waals surface area contributed by atoms with Crippen LogP contribution in [0.25, 0.3) is 0 Å². The van der Waals surface area contributed by atoms with Crippen molar-refractivity contribution in [2.75, 3.05) is 36.4 Å². The third-order valence-electron chi connectivity index (χ3n) is 3.19. The first-order valence-corrected chi connectivity index (χ1v) is 6.59. The summed E-state index contributed by atoms with van der Waals surface area (Å²) in [6.07, 6.45) is 6.54. The van der Waals surface area contributed by atoms with E-state index in [0.717, 1.165) is 49.9 Å². The van der Waals surface area contributed by atoms with E-state index in [2.05, 4.69) is 30.5 Å². The summed E-state index contributed by atoms with van der Waals surface area (Å²) >= 11 is 0. The number of rotatable bonds is 3. The highest BCUT2D eigenvalue weighted by Gasteiger charge is 2.11. The maximum absolute atomic E-state index is 4.37. The number of aromatic amines is 1. The minimum absolute atomic E-state index is 0.821. The summed E-state index contributed by atoms with van der Waals surface area (Å²) in [5, 5.41) is 6.65. The van der Waals surface area contributed by atoms with E-state index >= 15 is 0 Å². The number of H-pyrrole nitrogens is 1. The van der Waals surface area contributed by atoms with E-state index in [4.69, 9.17) is 0 Å². The van der Waals surface area contributed by atoms with Crippen molar-refractivity contribution in [2.45, 2.75) is 6.42 Å². The van der Waals surface area contributed by atoms with Gasteiger partial charge < -0.3 is 20.5 Å². The Labute approximate surface area is 112 Å². The van der Waals surface area contributed by atoms with Crippen LogP contribution in [-0.4, -0.2) is 41.1 Å². The van der Waals surface area contributed by atoms with Gasteiger partial charge in [-0.05, 0) is 19.0 Å². The Balaban J connectivity index is 1.75. The van der Waals surface area contributed by atoms with Crippen LogP contribution in [0.2, 0.25) is 0 Å². The van der Waals surface area contributed by atoms with Crippen LogP contribution < -0.4 is 15.5 Å². The molecule has 1 saturated heterocycles. The monoisotopic (exact) mass is 258 g/mol. The summed E-state index contributed by atoms with van der Waals surface area (Å²) in [6.45, 7) is 4.11. The molecule has 0 bridgehead atoms. The first-order chi connectivity index (χ1) is 9.42. The van der Waals surface area contributed by atoms with E-state index in [0.29, 0.717) is 0 Å². The molecule has 0 spiro atoms. The number of nitrogens with zero attached hydrogens (tertiary/aromatic N) is 3. The molecule has 0 radical (unpaired) electrons. The van der Waals surface area contributed by atoms with Crippen molar-refractivity contribution in [3.8, 4) is 0 Å². The molecule has 0 saturated carbocycles. The van der Waals surface area contributed by atoms with Gasteiger partial charge in [0.1, 0.15) is 18.0 Å². The molecule has 100 valence electrons. The highest BCUT2D eigenvalue weighted by Crippen LogP contribution is 2.18. The molecule has 3 rings (SSSR count). The Morgan fingerprint density at radius 2 is 2.21 bits per heavy atom. The van der Waals surface area contributed by atoms with Gasteiger partial charge in [-0.25, -0.2) is 9.97 Å². The lowest BCUT2D eigenvalue weighted by molar-refractivity contribution is 0.724. The molecule has 2 aromatic heterocycles. The fourth-order valence-corrected chi connectivity index (χ4v) is 2.21. The minimum Gasteiger partial charge on any atom is -0.366 e. The Kier molecular flexibility index (Phi) is 3.60. The van der Waals surface area contributed by atoms with Crippen molar-refractivity contribution < 1.29 is 0 Å². The first-order valence-electron chi connectivity index (χ1n) is 6.59. The van der Waals surface area contributed by atoms with Gasteiger partial charge >= 0.3 is 0 Å². The SMILES string of the molecule is c1nc(Nc2cc[nH]c2)cc(N2CCCNCC2)n1. The lowest BCUT2D eigenvalue weighted by Gasteiger charge is -2.21. The average molecular weight is 258 g/mol. The van der Waals surface area contributed by atoms with Gasteiger partial charge in [0.15, 0.2) is 0 Å². The Morgan fingerprint density at radius 3 is 3.11 bits per heavy atom. The van der Waals surface area contributed by atoms with Crippen LogP contribution in [-0.2, 0) is 0 Å². The summed E-state index contributed by atoms with van der Waals surface area (Å²) < 4.78 is 0. The zero-order valence-electron chi connectivity index (χ0n) is 10.8. The molecule has 0 unspecified atom stereocenters. The van der Waals surface area contributed by atoms with Gasteiger partial charge in [-0.1, -0.05) is 0 Å². The van der Waals surface area contributed by atoms with Gasteiger partial charge in [-0.3, -0.25) is 0 Å². The van der Waals surface area contributed by atoms with Gasteiger partial charge in [-0.2, -0.15) is 0 Å². The van der Waals surface area contributed by atoms with E-state index in [1.54, 1.807) is 6.33 Å².